The van der Waals surface area contributed by atoms with Crippen molar-refractivity contribution in [3.05, 3.63) is 83.2 Å². The Hall–Kier alpha value is -2.42. The van der Waals surface area contributed by atoms with Crippen molar-refractivity contribution in [3.8, 4) is 0 Å². The Labute approximate surface area is 163 Å². The van der Waals surface area contributed by atoms with Gasteiger partial charge in [-0.3, -0.25) is 0 Å². The van der Waals surface area contributed by atoms with E-state index in [0.29, 0.717) is 0 Å². The minimum Gasteiger partial charge on any atom is -0.133 e. The van der Waals surface area contributed by atoms with Gasteiger partial charge in [0.05, 0.1) is 5.21 Å². The molecule has 1 heterocycles. The van der Waals surface area contributed by atoms with Gasteiger partial charge in [0.25, 0.3) is 0 Å². The molecule has 1 aromatic heterocycles. The van der Waals surface area contributed by atoms with Crippen LogP contribution in [0.5, 0.6) is 0 Å². The van der Waals surface area contributed by atoms with Gasteiger partial charge in [0.2, 0.25) is 0 Å². The molecule has 0 bridgehead atoms. The third kappa shape index (κ3) is 5.29. The molecule has 3 nitrogen and oxygen atoms in total. The van der Waals surface area contributed by atoms with Crippen molar-refractivity contribution in [2.24, 2.45) is 0 Å². The van der Waals surface area contributed by atoms with E-state index in [9.17, 15) is 0 Å². The highest BCUT2D eigenvalue weighted by atomic mass is 15.5. The van der Waals surface area contributed by atoms with E-state index >= 15 is 0 Å². The van der Waals surface area contributed by atoms with E-state index in [-0.39, 0.29) is 5.41 Å². The van der Waals surface area contributed by atoms with Crippen LogP contribution in [-0.4, -0.2) is 9.90 Å². The molecule has 0 unspecified atom stereocenters. The predicted molar refractivity (Wildman–Crippen MR) is 111 cm³/mol. The van der Waals surface area contributed by atoms with E-state index in [2.05, 4.69) is 97.9 Å². The van der Waals surface area contributed by atoms with Gasteiger partial charge in [-0.25, -0.2) is 0 Å². The van der Waals surface area contributed by atoms with Crippen LogP contribution < -0.4 is 4.68 Å². The van der Waals surface area contributed by atoms with Crippen molar-refractivity contribution in [2.45, 2.75) is 65.5 Å². The van der Waals surface area contributed by atoms with Gasteiger partial charge in [0, 0.05) is 6.42 Å². The zero-order valence-electron chi connectivity index (χ0n) is 17.2. The van der Waals surface area contributed by atoms with Crippen molar-refractivity contribution < 1.29 is 4.68 Å². The number of aryl methyl sites for hydroxylation is 1. The van der Waals surface area contributed by atoms with Crippen LogP contribution >= 0.6 is 0 Å². The molecule has 3 rings (SSSR count). The lowest BCUT2D eigenvalue weighted by atomic mass is 9.87. The quantitative estimate of drug-likeness (QED) is 0.547. The minimum absolute atomic E-state index is 0.190. The highest BCUT2D eigenvalue weighted by Crippen LogP contribution is 2.22. The van der Waals surface area contributed by atoms with Gasteiger partial charge in [0.1, 0.15) is 13.1 Å². The lowest BCUT2D eigenvalue weighted by molar-refractivity contribution is -0.747. The Morgan fingerprint density at radius 2 is 1.63 bits per heavy atom. The molecule has 0 saturated carbocycles. The van der Waals surface area contributed by atoms with Crippen LogP contribution in [0, 0.1) is 0 Å². The van der Waals surface area contributed by atoms with E-state index < -0.39 is 0 Å². The second-order valence-corrected chi connectivity index (χ2v) is 8.40. The largest absolute Gasteiger partial charge is 0.168 e. The SMILES string of the molecule is CCCCc1c[n+](Cc2ccccc2)nn1Cc1ccc(C(C)(C)C)cc1. The van der Waals surface area contributed by atoms with Gasteiger partial charge in [0.15, 0.2) is 11.9 Å². The summed E-state index contributed by atoms with van der Waals surface area (Å²) in [5, 5.41) is 4.86. The number of hydrogen-bond acceptors (Lipinski definition) is 1. The van der Waals surface area contributed by atoms with Gasteiger partial charge in [-0.2, -0.15) is 0 Å². The molecule has 0 saturated heterocycles. The first-order valence-electron chi connectivity index (χ1n) is 10.1. The summed E-state index contributed by atoms with van der Waals surface area (Å²) in [6.07, 6.45) is 5.68. The Balaban J connectivity index is 1.80. The van der Waals surface area contributed by atoms with Gasteiger partial charge in [-0.1, -0.05) is 88.7 Å². The second-order valence-electron chi connectivity index (χ2n) is 8.40. The van der Waals surface area contributed by atoms with Crippen LogP contribution in [0.3, 0.4) is 0 Å². The first-order valence-corrected chi connectivity index (χ1v) is 10.1. The number of nitrogens with zero attached hydrogens (tertiary/aromatic N) is 3. The third-order valence-electron chi connectivity index (χ3n) is 4.98. The van der Waals surface area contributed by atoms with Crippen LogP contribution in [-0.2, 0) is 24.9 Å². The highest BCUT2D eigenvalue weighted by molar-refractivity contribution is 5.27. The Morgan fingerprint density at radius 3 is 2.26 bits per heavy atom. The van der Waals surface area contributed by atoms with Crippen molar-refractivity contribution in [3.63, 3.8) is 0 Å². The summed E-state index contributed by atoms with van der Waals surface area (Å²) in [5.41, 5.74) is 5.46. The summed E-state index contributed by atoms with van der Waals surface area (Å²) < 4.78 is 4.24. The molecular formula is C24H32N3+. The maximum absolute atomic E-state index is 4.86. The zero-order valence-corrected chi connectivity index (χ0v) is 17.2. The number of benzene rings is 2. The fourth-order valence-electron chi connectivity index (χ4n) is 3.28. The van der Waals surface area contributed by atoms with Crippen LogP contribution in [0.4, 0.5) is 0 Å². The van der Waals surface area contributed by atoms with E-state index in [1.807, 2.05) is 0 Å². The van der Waals surface area contributed by atoms with Crippen LogP contribution in [0.25, 0.3) is 0 Å². The summed E-state index contributed by atoms with van der Waals surface area (Å²) in [7, 11) is 0. The smallest absolute Gasteiger partial charge is 0.133 e. The lowest BCUT2D eigenvalue weighted by Crippen LogP contribution is -2.36. The molecule has 3 heteroatoms. The topological polar surface area (TPSA) is 21.7 Å². The fourth-order valence-corrected chi connectivity index (χ4v) is 3.28. The van der Waals surface area contributed by atoms with E-state index in [0.717, 1.165) is 19.5 Å². The Morgan fingerprint density at radius 1 is 0.926 bits per heavy atom. The average molecular weight is 363 g/mol. The van der Waals surface area contributed by atoms with E-state index in [1.54, 1.807) is 0 Å². The predicted octanol–water partition coefficient (Wildman–Crippen LogP) is 4.91. The van der Waals surface area contributed by atoms with E-state index in [1.165, 1.54) is 35.2 Å². The van der Waals surface area contributed by atoms with Gasteiger partial charge < -0.3 is 0 Å². The van der Waals surface area contributed by atoms with Crippen molar-refractivity contribution in [1.29, 1.82) is 0 Å². The summed E-state index contributed by atoms with van der Waals surface area (Å²) in [5.74, 6) is 0. The van der Waals surface area contributed by atoms with Gasteiger partial charge in [-0.15, -0.1) is 9.36 Å². The van der Waals surface area contributed by atoms with E-state index in [4.69, 9.17) is 5.21 Å². The Bertz CT molecular complexity index is 840. The van der Waals surface area contributed by atoms with Gasteiger partial charge >= 0.3 is 0 Å². The molecule has 3 aromatic rings. The average Bonchev–Trinajstić information content (AvgIpc) is 3.01. The zero-order chi connectivity index (χ0) is 19.3. The Kier molecular flexibility index (Phi) is 6.10. The fraction of sp³-hybridized carbons (Fsp3) is 0.417. The van der Waals surface area contributed by atoms with Crippen LogP contribution in [0.2, 0.25) is 0 Å². The molecular weight excluding hydrogens is 330 g/mol. The summed E-state index contributed by atoms with van der Waals surface area (Å²) in [6, 6.07) is 19.5. The molecule has 142 valence electrons. The number of hydrogen-bond donors (Lipinski definition) is 0. The number of unbranched alkanes of at least 4 members (excludes halogenated alkanes) is 1. The normalized spacial score (nSPS) is 11.7. The molecule has 0 spiro atoms. The second kappa shape index (κ2) is 8.51. The molecule has 0 atom stereocenters. The molecule has 0 aliphatic rings. The highest BCUT2D eigenvalue weighted by Gasteiger charge is 2.17. The van der Waals surface area contributed by atoms with Gasteiger partial charge in [-0.05, 0) is 28.5 Å². The molecule has 0 aliphatic heterocycles. The molecule has 27 heavy (non-hydrogen) atoms. The minimum atomic E-state index is 0.190. The first-order chi connectivity index (χ1) is 13.0. The van der Waals surface area contributed by atoms with Crippen LogP contribution in [0.1, 0.15) is 62.9 Å². The number of aromatic nitrogens is 3. The summed E-state index contributed by atoms with van der Waals surface area (Å²) in [6.45, 7) is 10.6. The molecule has 0 radical (unpaired) electrons. The molecule has 0 N–H and O–H groups in total. The molecule has 0 fully saturated rings. The first kappa shape index (κ1) is 19.3. The third-order valence-corrected chi connectivity index (χ3v) is 4.98. The summed E-state index contributed by atoms with van der Waals surface area (Å²) >= 11 is 0. The van der Waals surface area contributed by atoms with Crippen molar-refractivity contribution in [2.75, 3.05) is 0 Å². The molecule has 2 aromatic carbocycles. The number of rotatable bonds is 7. The van der Waals surface area contributed by atoms with Crippen molar-refractivity contribution in [1.82, 2.24) is 9.90 Å². The monoisotopic (exact) mass is 362 g/mol. The van der Waals surface area contributed by atoms with Crippen molar-refractivity contribution >= 4 is 0 Å². The summed E-state index contributed by atoms with van der Waals surface area (Å²) in [4.78, 5) is 0. The molecule has 0 aliphatic carbocycles. The maximum atomic E-state index is 4.86. The maximum Gasteiger partial charge on any atom is 0.168 e. The van der Waals surface area contributed by atoms with Crippen LogP contribution in [0.15, 0.2) is 60.8 Å². The molecule has 0 amide bonds. The lowest BCUT2D eigenvalue weighted by Gasteiger charge is -2.18. The standard InChI is InChI=1S/C24H32N3/c1-5-6-12-23-19-26(17-20-10-8-7-9-11-20)25-27(23)18-21-13-15-22(16-14-21)24(2,3)4/h7-11,13-16,19H,5-6,12,17-18H2,1-4H3/q+1.